The molecule has 0 fully saturated rings. The molecular weight excluding hydrogens is 202 g/mol. The summed E-state index contributed by atoms with van der Waals surface area (Å²) in [6.45, 7) is 6.10. The lowest BCUT2D eigenvalue weighted by atomic mass is 10.2. The van der Waals surface area contributed by atoms with Gasteiger partial charge in [0.05, 0.1) is 12.6 Å². The van der Waals surface area contributed by atoms with E-state index in [-0.39, 0.29) is 0 Å². The van der Waals surface area contributed by atoms with E-state index in [1.807, 2.05) is 12.4 Å². The molecule has 92 valence electrons. The van der Waals surface area contributed by atoms with Gasteiger partial charge >= 0.3 is 0 Å². The van der Waals surface area contributed by atoms with Gasteiger partial charge in [-0.3, -0.25) is 0 Å². The molecule has 0 saturated heterocycles. The second kappa shape index (κ2) is 7.28. The van der Waals surface area contributed by atoms with Crippen molar-refractivity contribution >= 4 is 5.95 Å². The third kappa shape index (κ3) is 3.85. The van der Waals surface area contributed by atoms with Crippen molar-refractivity contribution < 1.29 is 4.74 Å². The van der Waals surface area contributed by atoms with Crippen molar-refractivity contribution in [2.45, 2.75) is 45.7 Å². The van der Waals surface area contributed by atoms with E-state index >= 15 is 0 Å². The largest absolute Gasteiger partial charge is 0.383 e. The van der Waals surface area contributed by atoms with Gasteiger partial charge in [0.1, 0.15) is 0 Å². The van der Waals surface area contributed by atoms with Crippen LogP contribution in [0.2, 0.25) is 0 Å². The quantitative estimate of drug-likeness (QED) is 0.739. The fourth-order valence-electron chi connectivity index (χ4n) is 1.60. The van der Waals surface area contributed by atoms with Crippen molar-refractivity contribution in [2.75, 3.05) is 19.0 Å². The van der Waals surface area contributed by atoms with Crippen LogP contribution < -0.4 is 5.32 Å². The van der Waals surface area contributed by atoms with Gasteiger partial charge in [-0.2, -0.15) is 0 Å². The molecule has 1 atom stereocenters. The maximum Gasteiger partial charge on any atom is 0.203 e. The zero-order valence-corrected chi connectivity index (χ0v) is 10.6. The lowest BCUT2D eigenvalue weighted by Gasteiger charge is -2.17. The smallest absolute Gasteiger partial charge is 0.203 e. The minimum absolute atomic E-state index is 0.341. The standard InChI is InChI=1S/C12H23N3O/c1-4-6-8-15-9-7-13-12(15)14-11(5-2)10-16-3/h7,9,11H,4-6,8,10H2,1-3H3,(H,13,14). The highest BCUT2D eigenvalue weighted by Crippen LogP contribution is 2.09. The average Bonchev–Trinajstić information content (AvgIpc) is 2.73. The van der Waals surface area contributed by atoms with Crippen molar-refractivity contribution in [2.24, 2.45) is 0 Å². The van der Waals surface area contributed by atoms with Gasteiger partial charge in [0.25, 0.3) is 0 Å². The molecule has 0 saturated carbocycles. The average molecular weight is 225 g/mol. The van der Waals surface area contributed by atoms with Crippen molar-refractivity contribution in [1.82, 2.24) is 9.55 Å². The Morgan fingerprint density at radius 1 is 1.50 bits per heavy atom. The number of anilines is 1. The highest BCUT2D eigenvalue weighted by atomic mass is 16.5. The summed E-state index contributed by atoms with van der Waals surface area (Å²) in [4.78, 5) is 4.34. The molecule has 1 aromatic heterocycles. The number of unbranched alkanes of at least 4 members (excludes halogenated alkanes) is 1. The first-order chi connectivity index (χ1) is 7.81. The minimum Gasteiger partial charge on any atom is -0.383 e. The Morgan fingerprint density at radius 2 is 2.31 bits per heavy atom. The second-order valence-corrected chi connectivity index (χ2v) is 4.00. The zero-order chi connectivity index (χ0) is 11.8. The number of ether oxygens (including phenoxy) is 1. The molecule has 1 heterocycles. The van der Waals surface area contributed by atoms with E-state index in [9.17, 15) is 0 Å². The molecule has 0 bridgehead atoms. The Labute approximate surface area is 98.0 Å². The molecule has 4 nitrogen and oxygen atoms in total. The summed E-state index contributed by atoms with van der Waals surface area (Å²) in [6.07, 6.45) is 7.29. The fourth-order valence-corrected chi connectivity index (χ4v) is 1.60. The van der Waals surface area contributed by atoms with Gasteiger partial charge in [0.15, 0.2) is 0 Å². The summed E-state index contributed by atoms with van der Waals surface area (Å²) >= 11 is 0. The van der Waals surface area contributed by atoms with Crippen LogP contribution in [0.15, 0.2) is 12.4 Å². The molecule has 0 aliphatic heterocycles. The Hall–Kier alpha value is -1.03. The molecule has 1 aromatic rings. The normalized spacial score (nSPS) is 12.7. The van der Waals surface area contributed by atoms with Gasteiger partial charge in [-0.25, -0.2) is 4.98 Å². The van der Waals surface area contributed by atoms with Gasteiger partial charge in [0.2, 0.25) is 5.95 Å². The van der Waals surface area contributed by atoms with Crippen LogP contribution in [0.1, 0.15) is 33.1 Å². The van der Waals surface area contributed by atoms with Gasteiger partial charge in [0, 0.05) is 26.0 Å². The van der Waals surface area contributed by atoms with Crippen molar-refractivity contribution in [3.63, 3.8) is 0 Å². The molecule has 1 N–H and O–H groups in total. The highest BCUT2D eigenvalue weighted by Gasteiger charge is 2.09. The van der Waals surface area contributed by atoms with E-state index in [1.165, 1.54) is 12.8 Å². The van der Waals surface area contributed by atoms with E-state index in [4.69, 9.17) is 4.74 Å². The molecule has 1 rings (SSSR count). The maximum atomic E-state index is 5.17. The Morgan fingerprint density at radius 3 is 2.94 bits per heavy atom. The van der Waals surface area contributed by atoms with Crippen LogP contribution in [-0.2, 0) is 11.3 Å². The van der Waals surface area contributed by atoms with E-state index in [0.717, 1.165) is 25.5 Å². The molecule has 0 aliphatic rings. The zero-order valence-electron chi connectivity index (χ0n) is 10.6. The summed E-state index contributed by atoms with van der Waals surface area (Å²) in [6, 6.07) is 0.341. The van der Waals surface area contributed by atoms with E-state index in [2.05, 4.69) is 28.7 Å². The SMILES string of the molecule is CCCCn1ccnc1NC(CC)COC. The minimum atomic E-state index is 0.341. The molecule has 16 heavy (non-hydrogen) atoms. The fraction of sp³-hybridized carbons (Fsp3) is 0.750. The molecule has 0 aliphatic carbocycles. The predicted molar refractivity (Wildman–Crippen MR) is 66.7 cm³/mol. The van der Waals surface area contributed by atoms with Crippen LogP contribution in [0.3, 0.4) is 0 Å². The number of methoxy groups -OCH3 is 1. The van der Waals surface area contributed by atoms with Crippen LogP contribution in [0.25, 0.3) is 0 Å². The molecule has 0 spiro atoms. The Kier molecular flexibility index (Phi) is 5.93. The highest BCUT2D eigenvalue weighted by molar-refractivity contribution is 5.27. The predicted octanol–water partition coefficient (Wildman–Crippen LogP) is 2.52. The van der Waals surface area contributed by atoms with Gasteiger partial charge < -0.3 is 14.6 Å². The lowest BCUT2D eigenvalue weighted by Crippen LogP contribution is -2.25. The third-order valence-corrected chi connectivity index (χ3v) is 2.66. The van der Waals surface area contributed by atoms with Gasteiger partial charge in [-0.05, 0) is 12.8 Å². The van der Waals surface area contributed by atoms with Crippen LogP contribution in [0.5, 0.6) is 0 Å². The molecule has 0 radical (unpaired) electrons. The third-order valence-electron chi connectivity index (χ3n) is 2.66. The first-order valence-corrected chi connectivity index (χ1v) is 6.08. The van der Waals surface area contributed by atoms with E-state index < -0.39 is 0 Å². The topological polar surface area (TPSA) is 39.1 Å². The summed E-state index contributed by atoms with van der Waals surface area (Å²) in [7, 11) is 1.73. The number of imidazole rings is 1. The second-order valence-electron chi connectivity index (χ2n) is 4.00. The first-order valence-electron chi connectivity index (χ1n) is 6.08. The van der Waals surface area contributed by atoms with E-state index in [1.54, 1.807) is 7.11 Å². The van der Waals surface area contributed by atoms with E-state index in [0.29, 0.717) is 6.04 Å². The van der Waals surface area contributed by atoms with Crippen LogP contribution in [-0.4, -0.2) is 29.3 Å². The monoisotopic (exact) mass is 225 g/mol. The number of hydrogen-bond donors (Lipinski definition) is 1. The molecule has 0 aromatic carbocycles. The van der Waals surface area contributed by atoms with Gasteiger partial charge in [-0.1, -0.05) is 20.3 Å². The van der Waals surface area contributed by atoms with Crippen molar-refractivity contribution in [3.05, 3.63) is 12.4 Å². The number of rotatable bonds is 8. The van der Waals surface area contributed by atoms with Gasteiger partial charge in [-0.15, -0.1) is 0 Å². The number of nitrogens with zero attached hydrogens (tertiary/aromatic N) is 2. The molecule has 1 unspecified atom stereocenters. The van der Waals surface area contributed by atoms with Crippen LogP contribution in [0, 0.1) is 0 Å². The Bertz CT molecular complexity index is 286. The van der Waals surface area contributed by atoms with Crippen LogP contribution in [0.4, 0.5) is 5.95 Å². The Balaban J connectivity index is 2.54. The summed E-state index contributed by atoms with van der Waals surface area (Å²) in [5.41, 5.74) is 0. The number of aromatic nitrogens is 2. The number of aryl methyl sites for hydroxylation is 1. The summed E-state index contributed by atoms with van der Waals surface area (Å²) < 4.78 is 7.33. The maximum absolute atomic E-state index is 5.17. The molecule has 4 heteroatoms. The van der Waals surface area contributed by atoms with Crippen molar-refractivity contribution in [1.29, 1.82) is 0 Å². The summed E-state index contributed by atoms with van der Waals surface area (Å²) in [5.74, 6) is 0.956. The number of nitrogens with one attached hydrogen (secondary N) is 1. The van der Waals surface area contributed by atoms with Crippen molar-refractivity contribution in [3.8, 4) is 0 Å². The molecule has 0 amide bonds. The van der Waals surface area contributed by atoms with Crippen LogP contribution >= 0.6 is 0 Å². The number of hydrogen-bond acceptors (Lipinski definition) is 3. The summed E-state index contributed by atoms with van der Waals surface area (Å²) in [5, 5.41) is 3.41. The lowest BCUT2D eigenvalue weighted by molar-refractivity contribution is 0.184. The first kappa shape index (κ1) is 13.0. The molecular formula is C12H23N3O.